The number of rotatable bonds is 3. The Morgan fingerprint density at radius 1 is 0.547 bits per heavy atom. The van der Waals surface area contributed by atoms with E-state index in [0.717, 1.165) is 52.5 Å². The van der Waals surface area contributed by atoms with Gasteiger partial charge in [-0.2, -0.15) is 0 Å². The molecule has 0 fully saturated rings. The van der Waals surface area contributed by atoms with Crippen molar-refractivity contribution in [2.45, 2.75) is 37.2 Å². The van der Waals surface area contributed by atoms with Gasteiger partial charge in [0.2, 0.25) is 0 Å². The third kappa shape index (κ3) is 5.58. The molecule has 4 heteroatoms. The summed E-state index contributed by atoms with van der Waals surface area (Å²) >= 11 is 1.84. The summed E-state index contributed by atoms with van der Waals surface area (Å²) < 4.78 is 9.73. The quantitative estimate of drug-likeness (QED) is 0.178. The second kappa shape index (κ2) is 14.1. The normalized spacial score (nSPS) is 18.0. The average molecular weight is 837 g/mol. The topological polar surface area (TPSA) is 35.0 Å². The summed E-state index contributed by atoms with van der Waals surface area (Å²) in [7, 11) is 0. The molecular weight excluding hydrogens is 797 g/mol. The standard InChI is InChI=1S/C60H40N2OS/c1-2-10-36(11-3-1)37-19-21-38(22-20-37)57-52-31-35-18-25-44-50-33-40-13-5-4-12-39(40)32-41(50)23-26-43(51(44)30-35)48-28-29-49-45-14-6-8-16-53(45)63-59(49)56(48)58(52)62-60(61-57)42-24-27-47-46-15-7-9-17-54(46)64-55(47)34-42/h1-22,24-25,27-30,32-34,43,49,59H,23,26,31H2/t43-,49?,59?/m0/s1. The van der Waals surface area contributed by atoms with Crippen LogP contribution in [0.5, 0.6) is 5.75 Å². The van der Waals surface area contributed by atoms with Gasteiger partial charge in [0.05, 0.1) is 11.4 Å². The first-order valence-electron chi connectivity index (χ1n) is 22.5. The highest BCUT2D eigenvalue weighted by Crippen LogP contribution is 2.54. The summed E-state index contributed by atoms with van der Waals surface area (Å²) in [4.78, 5) is 11.5. The van der Waals surface area contributed by atoms with Crippen LogP contribution in [-0.2, 0) is 12.8 Å². The molecular formula is C60H40N2OS. The van der Waals surface area contributed by atoms with Crippen LogP contribution in [0.4, 0.5) is 0 Å². The smallest absolute Gasteiger partial charge is 0.160 e. The minimum Gasteiger partial charge on any atom is -0.484 e. The lowest BCUT2D eigenvalue weighted by molar-refractivity contribution is 0.276. The van der Waals surface area contributed by atoms with Crippen LogP contribution in [0.3, 0.4) is 0 Å². The van der Waals surface area contributed by atoms with Gasteiger partial charge in [0, 0.05) is 66.3 Å². The number of benzene rings is 8. The molecule has 0 spiro atoms. The molecule has 0 N–H and O–H groups in total. The maximum Gasteiger partial charge on any atom is 0.160 e. The molecule has 3 nitrogen and oxygen atoms in total. The number of nitrogens with zero attached hydrogens (tertiary/aromatic N) is 2. The van der Waals surface area contributed by atoms with Crippen LogP contribution in [0.15, 0.2) is 194 Å². The molecule has 0 radical (unpaired) electrons. The molecule has 3 atom stereocenters. The van der Waals surface area contributed by atoms with Crippen molar-refractivity contribution in [3.8, 4) is 50.6 Å². The van der Waals surface area contributed by atoms with Crippen LogP contribution in [0.25, 0.3) is 81.4 Å². The number of hydrogen-bond donors (Lipinski definition) is 0. The Hall–Kier alpha value is -7.40. The maximum absolute atomic E-state index is 7.20. The molecule has 0 saturated carbocycles. The van der Waals surface area contributed by atoms with Gasteiger partial charge in [-0.3, -0.25) is 0 Å². The Morgan fingerprint density at radius 2 is 1.28 bits per heavy atom. The molecule has 4 aliphatic rings. The van der Waals surface area contributed by atoms with E-state index in [-0.39, 0.29) is 17.9 Å². The summed E-state index contributed by atoms with van der Waals surface area (Å²) in [5.41, 5.74) is 18.1. The molecule has 8 aromatic carbocycles. The summed E-state index contributed by atoms with van der Waals surface area (Å²) in [6.07, 6.45) is 7.29. The van der Waals surface area contributed by atoms with Crippen LogP contribution in [-0.4, -0.2) is 16.1 Å². The zero-order chi connectivity index (χ0) is 41.9. The van der Waals surface area contributed by atoms with Crippen molar-refractivity contribution >= 4 is 47.9 Å². The first-order chi connectivity index (χ1) is 31.7. The second-order valence-electron chi connectivity index (χ2n) is 17.9. The first-order valence-corrected chi connectivity index (χ1v) is 23.3. The van der Waals surface area contributed by atoms with Crippen molar-refractivity contribution in [3.05, 3.63) is 227 Å². The van der Waals surface area contributed by atoms with Gasteiger partial charge < -0.3 is 4.74 Å². The minimum atomic E-state index is -0.231. The number of fused-ring (bicyclic) bond motifs is 14. The molecule has 0 amide bonds. The monoisotopic (exact) mass is 836 g/mol. The molecule has 2 bridgehead atoms. The van der Waals surface area contributed by atoms with Crippen molar-refractivity contribution in [2.75, 3.05) is 0 Å². The number of thiophene rings is 1. The number of ether oxygens (including phenoxy) is 1. The number of allylic oxidation sites excluding steroid dienone is 2. The molecule has 1 aliphatic heterocycles. The number of aromatic nitrogens is 2. The fourth-order valence-corrected chi connectivity index (χ4v) is 12.4. The van der Waals surface area contributed by atoms with Crippen molar-refractivity contribution in [1.82, 2.24) is 9.97 Å². The Bertz CT molecular complexity index is 3640. The van der Waals surface area contributed by atoms with Crippen LogP contribution in [0.1, 0.15) is 51.8 Å². The van der Waals surface area contributed by atoms with Crippen LogP contribution < -0.4 is 4.74 Å². The molecule has 10 aromatic rings. The maximum atomic E-state index is 7.20. The van der Waals surface area contributed by atoms with E-state index in [4.69, 9.17) is 14.7 Å². The zero-order valence-electron chi connectivity index (χ0n) is 35.0. The summed E-state index contributed by atoms with van der Waals surface area (Å²) in [5, 5.41) is 5.14. The van der Waals surface area contributed by atoms with Gasteiger partial charge in [0.1, 0.15) is 11.9 Å². The van der Waals surface area contributed by atoms with Crippen molar-refractivity contribution in [1.29, 1.82) is 0 Å². The van der Waals surface area contributed by atoms with E-state index in [1.165, 1.54) is 86.6 Å². The van der Waals surface area contributed by atoms with Crippen molar-refractivity contribution in [3.63, 3.8) is 0 Å². The van der Waals surface area contributed by atoms with Gasteiger partial charge in [-0.1, -0.05) is 164 Å². The van der Waals surface area contributed by atoms with E-state index >= 15 is 0 Å². The molecule has 302 valence electrons. The highest BCUT2D eigenvalue weighted by molar-refractivity contribution is 7.25. The largest absolute Gasteiger partial charge is 0.484 e. The third-order valence-corrected chi connectivity index (χ3v) is 15.4. The molecule has 14 rings (SSSR count). The Balaban J connectivity index is 1.04. The van der Waals surface area contributed by atoms with E-state index in [0.29, 0.717) is 6.42 Å². The average Bonchev–Trinajstić information content (AvgIpc) is 3.88. The second-order valence-corrected chi connectivity index (χ2v) is 18.9. The summed E-state index contributed by atoms with van der Waals surface area (Å²) in [5.74, 6) is 1.90. The van der Waals surface area contributed by atoms with Gasteiger partial charge in [0.15, 0.2) is 5.82 Å². The predicted octanol–water partition coefficient (Wildman–Crippen LogP) is 15.2. The zero-order valence-corrected chi connectivity index (χ0v) is 35.8. The van der Waals surface area contributed by atoms with Gasteiger partial charge in [-0.25, -0.2) is 9.97 Å². The van der Waals surface area contributed by atoms with Gasteiger partial charge >= 0.3 is 0 Å². The summed E-state index contributed by atoms with van der Waals surface area (Å²) in [6, 6.07) is 64.7. The van der Waals surface area contributed by atoms with Crippen LogP contribution in [0.2, 0.25) is 0 Å². The molecule has 3 heterocycles. The number of hydrogen-bond acceptors (Lipinski definition) is 4. The Kier molecular flexibility index (Phi) is 7.93. The van der Waals surface area contributed by atoms with E-state index in [1.54, 1.807) is 0 Å². The van der Waals surface area contributed by atoms with E-state index < -0.39 is 0 Å². The predicted molar refractivity (Wildman–Crippen MR) is 264 cm³/mol. The van der Waals surface area contributed by atoms with Gasteiger partial charge in [0.25, 0.3) is 0 Å². The van der Waals surface area contributed by atoms with Crippen LogP contribution >= 0.6 is 11.3 Å². The van der Waals surface area contributed by atoms with Crippen molar-refractivity contribution < 1.29 is 4.74 Å². The first kappa shape index (κ1) is 36.1. The molecule has 0 saturated heterocycles. The summed E-state index contributed by atoms with van der Waals surface area (Å²) in [6.45, 7) is 0. The van der Waals surface area contributed by atoms with E-state index in [1.807, 2.05) is 11.3 Å². The molecule has 64 heavy (non-hydrogen) atoms. The Labute approximate surface area is 375 Å². The fraction of sp³-hybridized carbons (Fsp3) is 0.100. The molecule has 3 aliphatic carbocycles. The van der Waals surface area contributed by atoms with Crippen molar-refractivity contribution in [2.24, 2.45) is 0 Å². The van der Waals surface area contributed by atoms with Gasteiger partial charge in [-0.15, -0.1) is 11.3 Å². The lowest BCUT2D eigenvalue weighted by Crippen LogP contribution is -2.26. The van der Waals surface area contributed by atoms with Gasteiger partial charge in [-0.05, 0) is 92.4 Å². The fourth-order valence-electron chi connectivity index (χ4n) is 11.3. The van der Waals surface area contributed by atoms with E-state index in [9.17, 15) is 0 Å². The van der Waals surface area contributed by atoms with E-state index in [2.05, 4.69) is 188 Å². The lowest BCUT2D eigenvalue weighted by Gasteiger charge is -2.31. The lowest BCUT2D eigenvalue weighted by atomic mass is 9.75. The molecule has 2 unspecified atom stereocenters. The molecule has 2 aromatic heterocycles. The minimum absolute atomic E-state index is 0.0707. The Morgan fingerprint density at radius 3 is 2.19 bits per heavy atom. The highest BCUT2D eigenvalue weighted by Gasteiger charge is 2.43. The third-order valence-electron chi connectivity index (χ3n) is 14.3. The number of aryl methyl sites for hydroxylation is 1. The highest BCUT2D eigenvalue weighted by atomic mass is 32.1. The van der Waals surface area contributed by atoms with Crippen LogP contribution in [0, 0.1) is 0 Å². The SMILES string of the molecule is C1=CC2c3ccccc3OC2C2=C1[C@@H]1CCc3cc4ccccc4cc3-c3ccc(cc31)Cc1c2nc(-c2ccc3c(c2)sc2ccccc23)nc1-c1ccc(-c2ccccc2)cc1. The number of para-hydroxylation sites is 1.